The van der Waals surface area contributed by atoms with Crippen LogP contribution in [0, 0.1) is 0 Å². The number of esters is 1. The lowest BCUT2D eigenvalue weighted by Gasteiger charge is -2.32. The Bertz CT molecular complexity index is 643. The van der Waals surface area contributed by atoms with Crippen LogP contribution in [0.5, 0.6) is 0 Å². The second-order valence-corrected chi connectivity index (χ2v) is 8.45. The molecule has 0 amide bonds. The summed E-state index contributed by atoms with van der Waals surface area (Å²) in [6, 6.07) is 8.35. The van der Waals surface area contributed by atoms with E-state index in [0.717, 1.165) is 11.9 Å². The number of hydrogen-bond acceptors (Lipinski definition) is 4. The minimum atomic E-state index is -0.346. The summed E-state index contributed by atoms with van der Waals surface area (Å²) in [6.45, 7) is 14.7. The van der Waals surface area contributed by atoms with Gasteiger partial charge in [0.05, 0.1) is 17.8 Å². The summed E-state index contributed by atoms with van der Waals surface area (Å²) in [7, 11) is -0.346. The average molecular weight is 358 g/mol. The molecule has 142 valence electrons. The molecule has 2 rings (SSSR count). The van der Waals surface area contributed by atoms with E-state index in [0.29, 0.717) is 6.61 Å². The lowest BCUT2D eigenvalue weighted by molar-refractivity contribution is -0.137. The van der Waals surface area contributed by atoms with Crippen molar-refractivity contribution in [3.8, 4) is 0 Å². The molecule has 0 aliphatic carbocycles. The first-order valence-electron chi connectivity index (χ1n) is 9.28. The van der Waals surface area contributed by atoms with Gasteiger partial charge >= 0.3 is 13.1 Å². The molecule has 1 aliphatic heterocycles. The van der Waals surface area contributed by atoms with Crippen LogP contribution in [0.25, 0.3) is 0 Å². The maximum absolute atomic E-state index is 11.4. The molecule has 0 spiro atoms. The number of carbonyl (C=O) groups is 1. The molecule has 0 bridgehead atoms. The zero-order valence-electron chi connectivity index (χ0n) is 17.1. The Labute approximate surface area is 158 Å². The van der Waals surface area contributed by atoms with Crippen molar-refractivity contribution in [2.24, 2.45) is 0 Å². The molecule has 1 aromatic carbocycles. The van der Waals surface area contributed by atoms with Gasteiger partial charge in [0, 0.05) is 6.08 Å². The van der Waals surface area contributed by atoms with E-state index in [1.807, 2.05) is 6.08 Å². The number of hydrogen-bond donors (Lipinski definition) is 0. The van der Waals surface area contributed by atoms with Gasteiger partial charge in [-0.25, -0.2) is 4.79 Å². The summed E-state index contributed by atoms with van der Waals surface area (Å²) >= 11 is 0. The number of carbonyl (C=O) groups excluding carboxylic acids is 1. The van der Waals surface area contributed by atoms with Gasteiger partial charge < -0.3 is 14.0 Å². The van der Waals surface area contributed by atoms with Gasteiger partial charge in [0.1, 0.15) is 0 Å². The van der Waals surface area contributed by atoms with Crippen molar-refractivity contribution in [1.82, 2.24) is 0 Å². The maximum Gasteiger partial charge on any atom is 0.494 e. The number of benzene rings is 1. The first kappa shape index (κ1) is 20.7. The summed E-state index contributed by atoms with van der Waals surface area (Å²) in [5.74, 6) is -0.292. The van der Waals surface area contributed by atoms with Crippen LogP contribution in [0.4, 0.5) is 0 Å². The SMILES string of the molecule is CCOC(=O)/C=C/CC(C)(C)c1ccc(B2OC(C)(C)C(C)(C)O2)cc1. The van der Waals surface area contributed by atoms with Crippen molar-refractivity contribution in [2.45, 2.75) is 71.5 Å². The van der Waals surface area contributed by atoms with Crippen LogP contribution in [0.15, 0.2) is 36.4 Å². The molecule has 1 aromatic rings. The Hall–Kier alpha value is -1.59. The summed E-state index contributed by atoms with van der Waals surface area (Å²) < 4.78 is 17.1. The van der Waals surface area contributed by atoms with Crippen molar-refractivity contribution in [3.05, 3.63) is 42.0 Å². The molecular formula is C21H31BO4. The molecule has 26 heavy (non-hydrogen) atoms. The van der Waals surface area contributed by atoms with Gasteiger partial charge in [-0.2, -0.15) is 0 Å². The highest BCUT2D eigenvalue weighted by Gasteiger charge is 2.51. The molecule has 0 atom stereocenters. The van der Waals surface area contributed by atoms with Crippen LogP contribution < -0.4 is 5.46 Å². The zero-order valence-corrected chi connectivity index (χ0v) is 17.1. The summed E-state index contributed by atoms with van der Waals surface area (Å²) in [5, 5.41) is 0. The lowest BCUT2D eigenvalue weighted by Crippen LogP contribution is -2.41. The zero-order chi connectivity index (χ0) is 19.6. The van der Waals surface area contributed by atoms with E-state index in [1.165, 1.54) is 11.6 Å². The fourth-order valence-corrected chi connectivity index (χ4v) is 2.83. The van der Waals surface area contributed by atoms with Crippen molar-refractivity contribution in [1.29, 1.82) is 0 Å². The van der Waals surface area contributed by atoms with Crippen LogP contribution in [-0.2, 0) is 24.3 Å². The van der Waals surface area contributed by atoms with Gasteiger partial charge in [-0.15, -0.1) is 0 Å². The van der Waals surface area contributed by atoms with Gasteiger partial charge in [0.2, 0.25) is 0 Å². The van der Waals surface area contributed by atoms with Gasteiger partial charge in [-0.05, 0) is 57.5 Å². The molecule has 0 radical (unpaired) electrons. The molecule has 5 heteroatoms. The third-order valence-corrected chi connectivity index (χ3v) is 5.39. The van der Waals surface area contributed by atoms with Gasteiger partial charge in [-0.1, -0.05) is 44.2 Å². The average Bonchev–Trinajstić information content (AvgIpc) is 2.76. The topological polar surface area (TPSA) is 44.8 Å². The van der Waals surface area contributed by atoms with E-state index in [-0.39, 0.29) is 29.7 Å². The third kappa shape index (κ3) is 4.57. The Morgan fingerprint density at radius 3 is 2.15 bits per heavy atom. The fraction of sp³-hybridized carbons (Fsp3) is 0.571. The molecule has 1 saturated heterocycles. The number of rotatable bonds is 6. The van der Waals surface area contributed by atoms with Gasteiger partial charge in [0.15, 0.2) is 0 Å². The van der Waals surface area contributed by atoms with Crippen LogP contribution in [0.2, 0.25) is 0 Å². The highest BCUT2D eigenvalue weighted by Crippen LogP contribution is 2.36. The van der Waals surface area contributed by atoms with Crippen LogP contribution >= 0.6 is 0 Å². The van der Waals surface area contributed by atoms with Crippen LogP contribution in [0.1, 0.15) is 60.5 Å². The molecule has 1 aliphatic rings. The Morgan fingerprint density at radius 1 is 1.12 bits per heavy atom. The first-order valence-corrected chi connectivity index (χ1v) is 9.28. The fourth-order valence-electron chi connectivity index (χ4n) is 2.83. The predicted molar refractivity (Wildman–Crippen MR) is 106 cm³/mol. The lowest BCUT2D eigenvalue weighted by atomic mass is 9.75. The normalized spacial score (nSPS) is 19.1. The molecule has 1 fully saturated rings. The molecular weight excluding hydrogens is 327 g/mol. The van der Waals surface area contributed by atoms with E-state index in [1.54, 1.807) is 6.92 Å². The van der Waals surface area contributed by atoms with Crippen molar-refractivity contribution in [2.75, 3.05) is 6.61 Å². The Balaban J connectivity index is 2.06. The quantitative estimate of drug-likeness (QED) is 0.441. The Morgan fingerprint density at radius 2 is 1.65 bits per heavy atom. The minimum Gasteiger partial charge on any atom is -0.463 e. The summed E-state index contributed by atoms with van der Waals surface area (Å²) in [5.41, 5.74) is 1.45. The largest absolute Gasteiger partial charge is 0.494 e. The van der Waals surface area contributed by atoms with Crippen LogP contribution in [0.3, 0.4) is 0 Å². The van der Waals surface area contributed by atoms with E-state index in [2.05, 4.69) is 65.8 Å². The molecule has 1 heterocycles. The monoisotopic (exact) mass is 358 g/mol. The van der Waals surface area contributed by atoms with E-state index in [4.69, 9.17) is 14.0 Å². The van der Waals surface area contributed by atoms with Gasteiger partial charge in [0.25, 0.3) is 0 Å². The van der Waals surface area contributed by atoms with E-state index >= 15 is 0 Å². The van der Waals surface area contributed by atoms with Crippen molar-refractivity contribution >= 4 is 18.6 Å². The number of allylic oxidation sites excluding steroid dienone is 1. The summed E-state index contributed by atoms with van der Waals surface area (Å²) in [4.78, 5) is 11.4. The van der Waals surface area contributed by atoms with Crippen molar-refractivity contribution < 1.29 is 18.8 Å². The first-order chi connectivity index (χ1) is 12.0. The Kier molecular flexibility index (Phi) is 6.04. The molecule has 4 nitrogen and oxygen atoms in total. The molecule has 0 aromatic heterocycles. The molecule has 0 saturated carbocycles. The second-order valence-electron chi connectivity index (χ2n) is 8.45. The van der Waals surface area contributed by atoms with E-state index in [9.17, 15) is 4.79 Å². The number of ether oxygens (including phenoxy) is 1. The highest BCUT2D eigenvalue weighted by molar-refractivity contribution is 6.62. The van der Waals surface area contributed by atoms with Gasteiger partial charge in [-0.3, -0.25) is 0 Å². The highest BCUT2D eigenvalue weighted by atomic mass is 16.7. The second kappa shape index (κ2) is 7.57. The minimum absolute atomic E-state index is 0.0859. The maximum atomic E-state index is 11.4. The molecule has 0 N–H and O–H groups in total. The third-order valence-electron chi connectivity index (χ3n) is 5.39. The van der Waals surface area contributed by atoms with Crippen LogP contribution in [-0.4, -0.2) is 30.9 Å². The standard InChI is InChI=1S/C21H31BO4/c1-8-24-18(23)10-9-15-19(2,3)16-11-13-17(14-12-16)22-25-20(4,5)21(6,7)26-22/h9-14H,8,15H2,1-7H3/b10-9+. The summed E-state index contributed by atoms with van der Waals surface area (Å²) in [6.07, 6.45) is 4.13. The molecule has 0 unspecified atom stereocenters. The predicted octanol–water partition coefficient (Wildman–Crippen LogP) is 3.77. The smallest absolute Gasteiger partial charge is 0.463 e. The van der Waals surface area contributed by atoms with Crippen molar-refractivity contribution in [3.63, 3.8) is 0 Å². The van der Waals surface area contributed by atoms with E-state index < -0.39 is 0 Å².